The average molecular weight is 283 g/mol. The van der Waals surface area contributed by atoms with Gasteiger partial charge in [-0.05, 0) is 36.1 Å². The SMILES string of the molecule is CC(O)c1cccc(S(=O)(=O)Nc2ccsc2)c1. The fourth-order valence-corrected chi connectivity index (χ4v) is 3.24. The molecule has 1 atom stereocenters. The second-order valence-electron chi connectivity index (χ2n) is 3.87. The van der Waals surface area contributed by atoms with Gasteiger partial charge >= 0.3 is 0 Å². The van der Waals surface area contributed by atoms with Crippen LogP contribution in [-0.4, -0.2) is 13.5 Å². The molecule has 1 aromatic heterocycles. The normalized spacial score (nSPS) is 13.2. The molecule has 0 amide bonds. The van der Waals surface area contributed by atoms with E-state index in [-0.39, 0.29) is 4.90 Å². The third-order valence-corrected chi connectivity index (χ3v) is 4.49. The molecule has 4 nitrogen and oxygen atoms in total. The zero-order chi connectivity index (χ0) is 13.2. The van der Waals surface area contributed by atoms with Crippen LogP contribution in [0, 0.1) is 0 Å². The number of hydrogen-bond donors (Lipinski definition) is 2. The third-order valence-electron chi connectivity index (χ3n) is 2.42. The molecule has 2 aromatic rings. The van der Waals surface area contributed by atoms with E-state index >= 15 is 0 Å². The molecule has 1 heterocycles. The Bertz CT molecular complexity index is 619. The van der Waals surface area contributed by atoms with Gasteiger partial charge in [-0.15, -0.1) is 0 Å². The molecule has 0 bridgehead atoms. The number of thiophene rings is 1. The predicted octanol–water partition coefficient (Wildman–Crippen LogP) is 2.60. The third kappa shape index (κ3) is 2.90. The lowest BCUT2D eigenvalue weighted by Gasteiger charge is -2.09. The van der Waals surface area contributed by atoms with E-state index in [1.54, 1.807) is 35.9 Å². The van der Waals surface area contributed by atoms with Crippen LogP contribution in [0.25, 0.3) is 0 Å². The summed E-state index contributed by atoms with van der Waals surface area (Å²) in [5, 5.41) is 13.0. The monoisotopic (exact) mass is 283 g/mol. The van der Waals surface area contributed by atoms with E-state index in [0.717, 1.165) is 0 Å². The smallest absolute Gasteiger partial charge is 0.261 e. The molecule has 0 spiro atoms. The average Bonchev–Trinajstić information content (AvgIpc) is 2.81. The van der Waals surface area contributed by atoms with E-state index in [1.807, 2.05) is 0 Å². The number of rotatable bonds is 4. The Morgan fingerprint density at radius 2 is 2.11 bits per heavy atom. The van der Waals surface area contributed by atoms with Gasteiger partial charge in [0, 0.05) is 5.38 Å². The maximum atomic E-state index is 12.1. The largest absolute Gasteiger partial charge is 0.389 e. The van der Waals surface area contributed by atoms with Crippen molar-refractivity contribution in [3.05, 3.63) is 46.7 Å². The quantitative estimate of drug-likeness (QED) is 0.906. The van der Waals surface area contributed by atoms with Crippen molar-refractivity contribution >= 4 is 27.0 Å². The fraction of sp³-hybridized carbons (Fsp3) is 0.167. The van der Waals surface area contributed by atoms with E-state index in [0.29, 0.717) is 11.3 Å². The van der Waals surface area contributed by atoms with Gasteiger partial charge in [-0.1, -0.05) is 12.1 Å². The van der Waals surface area contributed by atoms with Gasteiger partial charge in [-0.3, -0.25) is 4.72 Å². The number of aliphatic hydroxyl groups is 1. The summed E-state index contributed by atoms with van der Waals surface area (Å²) in [6.07, 6.45) is -0.693. The van der Waals surface area contributed by atoms with Gasteiger partial charge in [0.25, 0.3) is 10.0 Å². The topological polar surface area (TPSA) is 66.4 Å². The van der Waals surface area contributed by atoms with Crippen LogP contribution < -0.4 is 4.72 Å². The Kier molecular flexibility index (Phi) is 3.70. The molecule has 6 heteroatoms. The first-order chi connectivity index (χ1) is 8.49. The van der Waals surface area contributed by atoms with Crippen LogP contribution in [0.5, 0.6) is 0 Å². The number of aliphatic hydroxyl groups excluding tert-OH is 1. The van der Waals surface area contributed by atoms with Crippen LogP contribution in [0.3, 0.4) is 0 Å². The number of nitrogens with one attached hydrogen (secondary N) is 1. The highest BCUT2D eigenvalue weighted by Gasteiger charge is 2.15. The van der Waals surface area contributed by atoms with Gasteiger partial charge in [0.05, 0.1) is 16.7 Å². The van der Waals surface area contributed by atoms with Crippen molar-refractivity contribution < 1.29 is 13.5 Å². The van der Waals surface area contributed by atoms with Crippen molar-refractivity contribution in [2.24, 2.45) is 0 Å². The maximum Gasteiger partial charge on any atom is 0.261 e. The van der Waals surface area contributed by atoms with Crippen LogP contribution in [0.15, 0.2) is 46.0 Å². The highest BCUT2D eigenvalue weighted by molar-refractivity contribution is 7.92. The first-order valence-corrected chi connectivity index (χ1v) is 7.75. The minimum absolute atomic E-state index is 0.145. The van der Waals surface area contributed by atoms with Crippen molar-refractivity contribution in [3.8, 4) is 0 Å². The van der Waals surface area contributed by atoms with Crippen LogP contribution >= 0.6 is 11.3 Å². The van der Waals surface area contributed by atoms with Gasteiger partial charge in [0.15, 0.2) is 0 Å². The molecule has 0 radical (unpaired) electrons. The summed E-state index contributed by atoms with van der Waals surface area (Å²) < 4.78 is 26.7. The lowest BCUT2D eigenvalue weighted by Crippen LogP contribution is -2.12. The number of hydrogen-bond acceptors (Lipinski definition) is 4. The summed E-state index contributed by atoms with van der Waals surface area (Å²) >= 11 is 1.42. The summed E-state index contributed by atoms with van der Waals surface area (Å²) in [4.78, 5) is 0.145. The summed E-state index contributed by atoms with van der Waals surface area (Å²) in [7, 11) is -3.59. The summed E-state index contributed by atoms with van der Waals surface area (Å²) in [5.41, 5.74) is 1.12. The van der Waals surface area contributed by atoms with Gasteiger partial charge in [0.2, 0.25) is 0 Å². The first kappa shape index (κ1) is 13.1. The van der Waals surface area contributed by atoms with Crippen LogP contribution in [-0.2, 0) is 10.0 Å². The second kappa shape index (κ2) is 5.09. The van der Waals surface area contributed by atoms with Crippen LogP contribution in [0.1, 0.15) is 18.6 Å². The maximum absolute atomic E-state index is 12.1. The van der Waals surface area contributed by atoms with Crippen molar-refractivity contribution in [2.45, 2.75) is 17.9 Å². The van der Waals surface area contributed by atoms with Crippen LogP contribution in [0.2, 0.25) is 0 Å². The Morgan fingerprint density at radius 1 is 1.33 bits per heavy atom. The van der Waals surface area contributed by atoms with Crippen molar-refractivity contribution in [1.29, 1.82) is 0 Å². The Labute approximate surface area is 110 Å². The van der Waals surface area contributed by atoms with Gasteiger partial charge in [-0.25, -0.2) is 8.42 Å². The summed E-state index contributed by atoms with van der Waals surface area (Å²) in [5.74, 6) is 0. The molecule has 0 saturated heterocycles. The molecule has 18 heavy (non-hydrogen) atoms. The van der Waals surface area contributed by atoms with Crippen LogP contribution in [0.4, 0.5) is 5.69 Å². The molecular formula is C12H13NO3S2. The number of sulfonamides is 1. The van der Waals surface area contributed by atoms with Gasteiger partial charge < -0.3 is 5.11 Å². The molecular weight excluding hydrogens is 270 g/mol. The van der Waals surface area contributed by atoms with Gasteiger partial charge in [0.1, 0.15) is 0 Å². The molecule has 2 N–H and O–H groups in total. The van der Waals surface area contributed by atoms with Crippen molar-refractivity contribution in [1.82, 2.24) is 0 Å². The fourth-order valence-electron chi connectivity index (χ4n) is 1.48. The predicted molar refractivity (Wildman–Crippen MR) is 72.2 cm³/mol. The Balaban J connectivity index is 2.32. The molecule has 1 aromatic carbocycles. The van der Waals surface area contributed by atoms with E-state index in [9.17, 15) is 13.5 Å². The Hall–Kier alpha value is -1.37. The van der Waals surface area contributed by atoms with E-state index in [1.165, 1.54) is 23.5 Å². The lowest BCUT2D eigenvalue weighted by atomic mass is 10.1. The first-order valence-electron chi connectivity index (χ1n) is 5.32. The molecule has 0 saturated carbocycles. The lowest BCUT2D eigenvalue weighted by molar-refractivity contribution is 0.199. The molecule has 1 unspecified atom stereocenters. The number of anilines is 1. The molecule has 2 rings (SSSR count). The van der Waals surface area contributed by atoms with E-state index in [4.69, 9.17) is 0 Å². The summed E-state index contributed by atoms with van der Waals surface area (Å²) in [6, 6.07) is 7.97. The highest BCUT2D eigenvalue weighted by atomic mass is 32.2. The van der Waals surface area contributed by atoms with E-state index < -0.39 is 16.1 Å². The minimum Gasteiger partial charge on any atom is -0.389 e. The van der Waals surface area contributed by atoms with Crippen molar-refractivity contribution in [3.63, 3.8) is 0 Å². The zero-order valence-corrected chi connectivity index (χ0v) is 11.3. The number of benzene rings is 1. The molecule has 0 fully saturated rings. The zero-order valence-electron chi connectivity index (χ0n) is 9.70. The highest BCUT2D eigenvalue weighted by Crippen LogP contribution is 2.21. The molecule has 96 valence electrons. The van der Waals surface area contributed by atoms with E-state index in [2.05, 4.69) is 4.72 Å². The summed E-state index contributed by atoms with van der Waals surface area (Å²) in [6.45, 7) is 1.60. The molecule has 0 aliphatic rings. The van der Waals surface area contributed by atoms with Crippen molar-refractivity contribution in [2.75, 3.05) is 4.72 Å². The minimum atomic E-state index is -3.59. The standard InChI is InChI=1S/C12H13NO3S2/c1-9(14)10-3-2-4-12(7-10)18(15,16)13-11-5-6-17-8-11/h2-9,13-14H,1H3. The molecule has 0 aliphatic carbocycles. The Morgan fingerprint density at radius 3 is 2.72 bits per heavy atom. The molecule has 0 aliphatic heterocycles. The second-order valence-corrected chi connectivity index (χ2v) is 6.33. The van der Waals surface area contributed by atoms with Gasteiger partial charge in [-0.2, -0.15) is 11.3 Å².